The van der Waals surface area contributed by atoms with Crippen LogP contribution in [0.2, 0.25) is 0 Å². The van der Waals surface area contributed by atoms with Crippen molar-refractivity contribution in [2.24, 2.45) is 10.7 Å². The summed E-state index contributed by atoms with van der Waals surface area (Å²) in [5, 5.41) is 6.30. The fourth-order valence-electron chi connectivity index (χ4n) is 2.55. The Bertz CT molecular complexity index is 872. The van der Waals surface area contributed by atoms with Gasteiger partial charge in [-0.2, -0.15) is 0 Å². The number of nitrogens with zero attached hydrogens (tertiary/aromatic N) is 2. The second kappa shape index (κ2) is 9.68. The molecule has 0 saturated carbocycles. The molecule has 0 fully saturated rings. The van der Waals surface area contributed by atoms with E-state index in [4.69, 9.17) is 5.73 Å². The van der Waals surface area contributed by atoms with Gasteiger partial charge >= 0.3 is 0 Å². The van der Waals surface area contributed by atoms with E-state index in [-0.39, 0.29) is 24.0 Å². The van der Waals surface area contributed by atoms with Crippen LogP contribution in [-0.2, 0) is 6.42 Å². The Balaban J connectivity index is 0.00000243. The fraction of sp³-hybridized carbons (Fsp3) is 0.200. The molecule has 0 aliphatic carbocycles. The number of aromatic nitrogens is 1. The Hall–Kier alpha value is -1.93. The van der Waals surface area contributed by atoms with Crippen molar-refractivity contribution >= 4 is 47.0 Å². The van der Waals surface area contributed by atoms with E-state index < -0.39 is 0 Å². The number of aryl methyl sites for hydroxylation is 2. The van der Waals surface area contributed by atoms with Gasteiger partial charge in [0.2, 0.25) is 0 Å². The molecule has 3 rings (SSSR count). The minimum absolute atomic E-state index is 0. The number of nitrogens with one attached hydrogen (secondary N) is 1. The predicted octanol–water partition coefficient (Wildman–Crippen LogP) is 5.01. The number of hydrogen-bond donors (Lipinski definition) is 2. The van der Waals surface area contributed by atoms with Crippen molar-refractivity contribution in [1.82, 2.24) is 4.98 Å². The number of thiazole rings is 1. The average Bonchev–Trinajstić information content (AvgIpc) is 3.02. The molecule has 1 aromatic heterocycles. The summed E-state index contributed by atoms with van der Waals surface area (Å²) in [7, 11) is 0. The van der Waals surface area contributed by atoms with Crippen molar-refractivity contribution in [3.05, 3.63) is 70.0 Å². The maximum absolute atomic E-state index is 5.95. The summed E-state index contributed by atoms with van der Waals surface area (Å²) in [6, 6.07) is 16.6. The molecule has 2 aromatic carbocycles. The van der Waals surface area contributed by atoms with E-state index in [0.29, 0.717) is 12.5 Å². The van der Waals surface area contributed by atoms with Crippen LogP contribution in [0.15, 0.2) is 58.9 Å². The van der Waals surface area contributed by atoms with Gasteiger partial charge in [0.05, 0.1) is 10.7 Å². The average molecular weight is 478 g/mol. The first-order valence-corrected chi connectivity index (χ1v) is 9.13. The second-order valence-electron chi connectivity index (χ2n) is 5.96. The van der Waals surface area contributed by atoms with Gasteiger partial charge in [-0.15, -0.1) is 35.3 Å². The van der Waals surface area contributed by atoms with Crippen LogP contribution < -0.4 is 11.1 Å². The molecule has 4 nitrogen and oxygen atoms in total. The van der Waals surface area contributed by atoms with Crippen LogP contribution in [-0.4, -0.2) is 17.5 Å². The highest BCUT2D eigenvalue weighted by atomic mass is 127. The first kappa shape index (κ1) is 20.4. The van der Waals surface area contributed by atoms with Crippen LogP contribution in [0, 0.1) is 13.8 Å². The molecule has 136 valence electrons. The second-order valence-corrected chi connectivity index (χ2v) is 7.02. The molecular weight excluding hydrogens is 455 g/mol. The molecule has 0 atom stereocenters. The first-order valence-electron chi connectivity index (χ1n) is 8.25. The van der Waals surface area contributed by atoms with E-state index in [1.165, 1.54) is 11.1 Å². The van der Waals surface area contributed by atoms with E-state index in [9.17, 15) is 0 Å². The summed E-state index contributed by atoms with van der Waals surface area (Å²) in [4.78, 5) is 8.91. The monoisotopic (exact) mass is 478 g/mol. The largest absolute Gasteiger partial charge is 0.370 e. The van der Waals surface area contributed by atoms with Crippen LogP contribution in [0.4, 0.5) is 5.69 Å². The molecule has 0 bridgehead atoms. The van der Waals surface area contributed by atoms with E-state index in [2.05, 4.69) is 57.9 Å². The zero-order valence-electron chi connectivity index (χ0n) is 14.9. The smallest absolute Gasteiger partial charge is 0.193 e. The van der Waals surface area contributed by atoms with Crippen LogP contribution in [0.3, 0.4) is 0 Å². The van der Waals surface area contributed by atoms with Gasteiger partial charge in [-0.1, -0.05) is 36.4 Å². The lowest BCUT2D eigenvalue weighted by Gasteiger charge is -2.06. The Labute approximate surface area is 175 Å². The molecule has 0 radical (unpaired) electrons. The first-order chi connectivity index (χ1) is 12.1. The van der Waals surface area contributed by atoms with Crippen LogP contribution >= 0.6 is 35.3 Å². The third-order valence-corrected chi connectivity index (χ3v) is 4.62. The van der Waals surface area contributed by atoms with Crippen molar-refractivity contribution in [3.63, 3.8) is 0 Å². The molecular formula is C20H23IN4S. The Morgan fingerprint density at radius 2 is 1.92 bits per heavy atom. The van der Waals surface area contributed by atoms with Gasteiger partial charge in [-0.3, -0.25) is 4.99 Å². The Kier molecular flexibility index (Phi) is 7.59. The highest BCUT2D eigenvalue weighted by molar-refractivity contribution is 14.0. The molecule has 0 saturated heterocycles. The van der Waals surface area contributed by atoms with Gasteiger partial charge in [0.1, 0.15) is 0 Å². The zero-order chi connectivity index (χ0) is 17.6. The van der Waals surface area contributed by atoms with Crippen molar-refractivity contribution < 1.29 is 0 Å². The number of benzene rings is 2. The number of halogens is 1. The standard InChI is InChI=1S/C20H22N4S.HI/c1-14-4-3-5-18(12-14)24-20(21)22-11-10-16-6-8-17(9-7-16)19-13-25-15(2)23-19;/h3-9,12-13H,10-11H2,1-2H3,(H3,21,22,24);1H. The van der Waals surface area contributed by atoms with Crippen molar-refractivity contribution in [2.45, 2.75) is 20.3 Å². The van der Waals surface area contributed by atoms with E-state index in [0.717, 1.165) is 28.4 Å². The van der Waals surface area contributed by atoms with E-state index in [1.54, 1.807) is 11.3 Å². The van der Waals surface area contributed by atoms with Crippen LogP contribution in [0.1, 0.15) is 16.1 Å². The number of anilines is 1. The molecule has 0 unspecified atom stereocenters. The van der Waals surface area contributed by atoms with Crippen LogP contribution in [0.5, 0.6) is 0 Å². The van der Waals surface area contributed by atoms with Gasteiger partial charge in [-0.25, -0.2) is 4.98 Å². The maximum Gasteiger partial charge on any atom is 0.193 e. The molecule has 26 heavy (non-hydrogen) atoms. The van der Waals surface area contributed by atoms with Gasteiger partial charge in [0.15, 0.2) is 5.96 Å². The minimum atomic E-state index is 0. The lowest BCUT2D eigenvalue weighted by Crippen LogP contribution is -2.23. The SMILES string of the molecule is Cc1cccc(NC(N)=NCCc2ccc(-c3csc(C)n3)cc2)c1.I. The summed E-state index contributed by atoms with van der Waals surface area (Å²) < 4.78 is 0. The Morgan fingerprint density at radius 1 is 1.15 bits per heavy atom. The fourth-order valence-corrected chi connectivity index (χ4v) is 3.18. The molecule has 0 aliphatic rings. The zero-order valence-corrected chi connectivity index (χ0v) is 18.0. The van der Waals surface area contributed by atoms with Crippen molar-refractivity contribution in [2.75, 3.05) is 11.9 Å². The molecule has 6 heteroatoms. The lowest BCUT2D eigenvalue weighted by atomic mass is 10.1. The summed E-state index contributed by atoms with van der Waals surface area (Å²) in [6.07, 6.45) is 0.854. The number of hydrogen-bond acceptors (Lipinski definition) is 3. The number of aliphatic imine (C=N–C) groups is 1. The lowest BCUT2D eigenvalue weighted by molar-refractivity contribution is 0.965. The number of nitrogens with two attached hydrogens (primary N) is 1. The highest BCUT2D eigenvalue weighted by Gasteiger charge is 2.02. The summed E-state index contributed by atoms with van der Waals surface area (Å²) in [5.41, 5.74) is 11.5. The molecule has 0 spiro atoms. The van der Waals surface area contributed by atoms with E-state index >= 15 is 0 Å². The van der Waals surface area contributed by atoms with Gasteiger partial charge < -0.3 is 11.1 Å². The van der Waals surface area contributed by atoms with Crippen molar-refractivity contribution in [1.29, 1.82) is 0 Å². The third kappa shape index (κ3) is 5.81. The molecule has 3 aromatic rings. The maximum atomic E-state index is 5.95. The highest BCUT2D eigenvalue weighted by Crippen LogP contribution is 2.21. The van der Waals surface area contributed by atoms with Gasteiger partial charge in [0.25, 0.3) is 0 Å². The summed E-state index contributed by atoms with van der Waals surface area (Å²) >= 11 is 1.67. The molecule has 1 heterocycles. The number of rotatable bonds is 5. The summed E-state index contributed by atoms with van der Waals surface area (Å²) in [5.74, 6) is 0.445. The van der Waals surface area contributed by atoms with Gasteiger partial charge in [0, 0.05) is 23.2 Å². The minimum Gasteiger partial charge on any atom is -0.370 e. The van der Waals surface area contributed by atoms with E-state index in [1.807, 2.05) is 25.1 Å². The van der Waals surface area contributed by atoms with Gasteiger partial charge in [-0.05, 0) is 43.5 Å². The molecule has 0 amide bonds. The normalized spacial score (nSPS) is 11.1. The Morgan fingerprint density at radius 3 is 2.58 bits per heavy atom. The third-order valence-electron chi connectivity index (χ3n) is 3.84. The quantitative estimate of drug-likeness (QED) is 0.308. The molecule has 0 aliphatic heterocycles. The van der Waals surface area contributed by atoms with Crippen molar-refractivity contribution in [3.8, 4) is 11.3 Å². The van der Waals surface area contributed by atoms with Crippen LogP contribution in [0.25, 0.3) is 11.3 Å². The summed E-state index contributed by atoms with van der Waals surface area (Å²) in [6.45, 7) is 4.73. The molecule has 3 N–H and O–H groups in total. The predicted molar refractivity (Wildman–Crippen MR) is 123 cm³/mol. The topological polar surface area (TPSA) is 63.3 Å². The number of guanidine groups is 1.